The second kappa shape index (κ2) is 6.52. The number of nitro benzene ring substituents is 1. The Morgan fingerprint density at radius 3 is 2.33 bits per heavy atom. The zero-order chi connectivity index (χ0) is 17.9. The highest BCUT2D eigenvalue weighted by atomic mass is 16.6. The Kier molecular flexibility index (Phi) is 4.50. The van der Waals surface area contributed by atoms with Crippen LogP contribution in [0.4, 0.5) is 5.69 Å². The van der Waals surface area contributed by atoms with Gasteiger partial charge in [-0.25, -0.2) is 5.43 Å². The average Bonchev–Trinajstić information content (AvgIpc) is 2.53. The molecule has 1 amide bonds. The fourth-order valence-corrected chi connectivity index (χ4v) is 1.76. The average molecular weight is 333 g/mol. The fraction of sp³-hybridized carbons (Fsp3) is 0. The molecule has 5 N–H and O–H groups in total. The van der Waals surface area contributed by atoms with Crippen LogP contribution in [0.3, 0.4) is 0 Å². The Bertz CT molecular complexity index is 825. The van der Waals surface area contributed by atoms with Crippen molar-refractivity contribution in [3.8, 4) is 23.0 Å². The quantitative estimate of drug-likeness (QED) is 0.242. The van der Waals surface area contributed by atoms with Crippen molar-refractivity contribution in [3.05, 3.63) is 51.6 Å². The van der Waals surface area contributed by atoms with E-state index in [4.69, 9.17) is 0 Å². The van der Waals surface area contributed by atoms with Crippen molar-refractivity contribution >= 4 is 17.8 Å². The Labute approximate surface area is 134 Å². The number of aromatic hydroxyl groups is 4. The third-order valence-corrected chi connectivity index (χ3v) is 2.94. The van der Waals surface area contributed by atoms with Crippen LogP contribution in [-0.2, 0) is 0 Å². The molecule has 0 radical (unpaired) electrons. The second-order valence-electron chi connectivity index (χ2n) is 4.53. The molecule has 2 aromatic carbocycles. The molecule has 0 atom stereocenters. The first-order valence-electron chi connectivity index (χ1n) is 6.36. The lowest BCUT2D eigenvalue weighted by Crippen LogP contribution is -2.17. The van der Waals surface area contributed by atoms with Gasteiger partial charge < -0.3 is 20.4 Å². The van der Waals surface area contributed by atoms with Crippen molar-refractivity contribution in [1.82, 2.24) is 5.43 Å². The van der Waals surface area contributed by atoms with E-state index in [1.807, 2.05) is 5.43 Å². The van der Waals surface area contributed by atoms with Crippen LogP contribution in [0.2, 0.25) is 0 Å². The van der Waals surface area contributed by atoms with Crippen molar-refractivity contribution in [1.29, 1.82) is 0 Å². The van der Waals surface area contributed by atoms with Crippen LogP contribution < -0.4 is 5.43 Å². The summed E-state index contributed by atoms with van der Waals surface area (Å²) in [7, 11) is 0. The number of benzene rings is 2. The topological polar surface area (TPSA) is 166 Å². The maximum atomic E-state index is 11.8. The molecule has 2 rings (SSSR count). The molecule has 0 heterocycles. The zero-order valence-electron chi connectivity index (χ0n) is 11.9. The molecule has 0 saturated carbocycles. The molecule has 10 heteroatoms. The van der Waals surface area contributed by atoms with E-state index >= 15 is 0 Å². The first kappa shape index (κ1) is 16.5. The Morgan fingerprint density at radius 2 is 1.75 bits per heavy atom. The number of carbonyl (C=O) groups is 1. The van der Waals surface area contributed by atoms with Crippen LogP contribution in [-0.4, -0.2) is 37.5 Å². The number of rotatable bonds is 4. The third kappa shape index (κ3) is 3.32. The summed E-state index contributed by atoms with van der Waals surface area (Å²) < 4.78 is 0. The summed E-state index contributed by atoms with van der Waals surface area (Å²) in [5, 5.41) is 51.8. The van der Waals surface area contributed by atoms with E-state index in [0.717, 1.165) is 24.4 Å². The Hall–Kier alpha value is -3.82. The molecule has 124 valence electrons. The van der Waals surface area contributed by atoms with Crippen molar-refractivity contribution in [2.24, 2.45) is 5.10 Å². The molecule has 0 spiro atoms. The van der Waals surface area contributed by atoms with Gasteiger partial charge in [0, 0.05) is 17.2 Å². The monoisotopic (exact) mass is 333 g/mol. The van der Waals surface area contributed by atoms with Gasteiger partial charge in [0.2, 0.25) is 5.75 Å². The number of phenols is 4. The minimum Gasteiger partial charge on any atom is -0.504 e. The molecule has 0 aromatic heterocycles. The van der Waals surface area contributed by atoms with Gasteiger partial charge in [0.05, 0.1) is 11.1 Å². The number of nitrogens with zero attached hydrogens (tertiary/aromatic N) is 2. The molecule has 0 aliphatic rings. The minimum atomic E-state index is -0.832. The van der Waals surface area contributed by atoms with E-state index in [1.165, 1.54) is 12.1 Å². The molecule has 0 unspecified atom stereocenters. The van der Waals surface area contributed by atoms with Crippen molar-refractivity contribution in [2.45, 2.75) is 0 Å². The van der Waals surface area contributed by atoms with Crippen LogP contribution in [0.25, 0.3) is 0 Å². The number of para-hydroxylation sites is 1. The molecule has 0 bridgehead atoms. The molecule has 0 fully saturated rings. The summed E-state index contributed by atoms with van der Waals surface area (Å²) in [4.78, 5) is 21.7. The highest BCUT2D eigenvalue weighted by Crippen LogP contribution is 2.35. The van der Waals surface area contributed by atoms with Crippen LogP contribution in [0.5, 0.6) is 23.0 Å². The van der Waals surface area contributed by atoms with Gasteiger partial charge >= 0.3 is 5.69 Å². The van der Waals surface area contributed by atoms with E-state index in [9.17, 15) is 35.3 Å². The van der Waals surface area contributed by atoms with E-state index in [2.05, 4.69) is 5.10 Å². The molecule has 0 saturated heterocycles. The molecule has 0 aliphatic carbocycles. The molecule has 10 nitrogen and oxygen atoms in total. The standard InChI is InChI=1S/C14H11N3O7/c18-10-4-8(5-11(19)13(10)21)14(22)16-15-6-7-2-1-3-9(12(7)20)17(23)24/h1-6,18-21H,(H,16,22)/b15-6+. The summed E-state index contributed by atoms with van der Waals surface area (Å²) in [6.45, 7) is 0. The highest BCUT2D eigenvalue weighted by Gasteiger charge is 2.16. The van der Waals surface area contributed by atoms with Gasteiger partial charge in [-0.05, 0) is 18.2 Å². The van der Waals surface area contributed by atoms with Gasteiger partial charge in [-0.3, -0.25) is 14.9 Å². The van der Waals surface area contributed by atoms with Crippen LogP contribution in [0.1, 0.15) is 15.9 Å². The van der Waals surface area contributed by atoms with Gasteiger partial charge in [-0.15, -0.1) is 0 Å². The van der Waals surface area contributed by atoms with Gasteiger partial charge in [0.1, 0.15) is 0 Å². The van der Waals surface area contributed by atoms with E-state index in [1.54, 1.807) is 0 Å². The second-order valence-corrected chi connectivity index (χ2v) is 4.53. The van der Waals surface area contributed by atoms with Gasteiger partial charge in [-0.1, -0.05) is 6.07 Å². The predicted octanol–water partition coefficient (Wildman–Crippen LogP) is 1.18. The largest absolute Gasteiger partial charge is 0.504 e. The first-order valence-corrected chi connectivity index (χ1v) is 6.36. The van der Waals surface area contributed by atoms with E-state index in [0.29, 0.717) is 0 Å². The Balaban J connectivity index is 2.16. The fourth-order valence-electron chi connectivity index (χ4n) is 1.76. The lowest BCUT2D eigenvalue weighted by atomic mass is 10.2. The maximum absolute atomic E-state index is 11.8. The summed E-state index contributed by atoms with van der Waals surface area (Å²) >= 11 is 0. The van der Waals surface area contributed by atoms with Crippen LogP contribution in [0.15, 0.2) is 35.4 Å². The third-order valence-electron chi connectivity index (χ3n) is 2.94. The molecule has 0 aliphatic heterocycles. The summed E-state index contributed by atoms with van der Waals surface area (Å²) in [6.07, 6.45) is 0.986. The zero-order valence-corrected chi connectivity index (χ0v) is 11.9. The number of nitrogens with one attached hydrogen (secondary N) is 1. The van der Waals surface area contributed by atoms with Gasteiger partial charge in [-0.2, -0.15) is 5.10 Å². The maximum Gasteiger partial charge on any atom is 0.311 e. The molecular weight excluding hydrogens is 322 g/mol. The van der Waals surface area contributed by atoms with E-state index in [-0.39, 0.29) is 11.1 Å². The van der Waals surface area contributed by atoms with Crippen molar-refractivity contribution in [2.75, 3.05) is 0 Å². The summed E-state index contributed by atoms with van der Waals surface area (Å²) in [6, 6.07) is 5.59. The van der Waals surface area contributed by atoms with Crippen molar-refractivity contribution in [3.63, 3.8) is 0 Å². The van der Waals surface area contributed by atoms with Crippen LogP contribution >= 0.6 is 0 Å². The number of hydrogen-bond acceptors (Lipinski definition) is 8. The summed E-state index contributed by atoms with van der Waals surface area (Å²) in [5.74, 6) is -3.60. The SMILES string of the molecule is O=C(N/N=C/c1cccc([N+](=O)[O-])c1O)c1cc(O)c(O)c(O)c1. The number of amides is 1. The molecule has 24 heavy (non-hydrogen) atoms. The predicted molar refractivity (Wildman–Crippen MR) is 81.3 cm³/mol. The number of hydrazone groups is 1. The molecular formula is C14H11N3O7. The minimum absolute atomic E-state index is 0.000834. The number of nitro groups is 1. The lowest BCUT2D eigenvalue weighted by molar-refractivity contribution is -0.385. The van der Waals surface area contributed by atoms with Crippen molar-refractivity contribution < 1.29 is 30.1 Å². The normalized spacial score (nSPS) is 10.7. The smallest absolute Gasteiger partial charge is 0.311 e. The number of carbonyl (C=O) groups excluding carboxylic acids is 1. The molecule has 2 aromatic rings. The van der Waals surface area contributed by atoms with E-state index < -0.39 is 39.5 Å². The van der Waals surface area contributed by atoms with Gasteiger partial charge in [0.25, 0.3) is 5.91 Å². The number of hydrogen-bond donors (Lipinski definition) is 5. The van der Waals surface area contributed by atoms with Gasteiger partial charge in [0.15, 0.2) is 17.2 Å². The lowest BCUT2D eigenvalue weighted by Gasteiger charge is -2.04. The Morgan fingerprint density at radius 1 is 1.12 bits per heavy atom. The summed E-state index contributed by atoms with van der Waals surface area (Å²) in [5.41, 5.74) is 1.34. The number of phenolic OH excluding ortho intramolecular Hbond substituents is 4. The first-order chi connectivity index (χ1) is 11.3. The van der Waals surface area contributed by atoms with Crippen LogP contribution in [0, 0.1) is 10.1 Å². The highest BCUT2D eigenvalue weighted by molar-refractivity contribution is 5.96.